The Morgan fingerprint density at radius 3 is 1.63 bits per heavy atom. The van der Waals surface area contributed by atoms with E-state index in [4.69, 9.17) is 15.0 Å². The van der Waals surface area contributed by atoms with Crippen LogP contribution in [0.1, 0.15) is 0 Å². The zero-order valence-corrected chi connectivity index (χ0v) is 23.2. The molecule has 8 aromatic rings. The fourth-order valence-corrected chi connectivity index (χ4v) is 5.75. The number of para-hydroxylation sites is 2. The molecule has 5 nitrogen and oxygen atoms in total. The van der Waals surface area contributed by atoms with Crippen molar-refractivity contribution in [1.82, 2.24) is 24.5 Å². The Morgan fingerprint density at radius 1 is 0.442 bits per heavy atom. The molecule has 0 fully saturated rings. The second kappa shape index (κ2) is 10.5. The molecule has 8 rings (SSSR count). The first-order chi connectivity index (χ1) is 21.3. The number of nitrogens with zero attached hydrogens (tertiary/aromatic N) is 5. The van der Waals surface area contributed by atoms with Gasteiger partial charge in [-0.25, -0.2) is 15.0 Å². The van der Waals surface area contributed by atoms with Crippen LogP contribution in [0.3, 0.4) is 0 Å². The first-order valence-electron chi connectivity index (χ1n) is 14.2. The molecule has 0 aliphatic heterocycles. The minimum absolute atomic E-state index is 0.622. The van der Waals surface area contributed by atoms with Gasteiger partial charge in [-0.15, -0.1) is 0 Å². The van der Waals surface area contributed by atoms with Gasteiger partial charge in [-0.2, -0.15) is 0 Å². The first-order valence-corrected chi connectivity index (χ1v) is 14.2. The summed E-state index contributed by atoms with van der Waals surface area (Å²) in [6.07, 6.45) is 3.73. The minimum Gasteiger partial charge on any atom is -0.309 e. The fourth-order valence-electron chi connectivity index (χ4n) is 5.75. The third-order valence-electron chi connectivity index (χ3n) is 7.71. The second-order valence-electron chi connectivity index (χ2n) is 10.4. The molecule has 5 aromatic carbocycles. The second-order valence-corrected chi connectivity index (χ2v) is 10.4. The van der Waals surface area contributed by atoms with Gasteiger partial charge in [0.15, 0.2) is 17.5 Å². The Hall–Kier alpha value is -5.94. The van der Waals surface area contributed by atoms with Crippen LogP contribution in [0.2, 0.25) is 0 Å². The molecule has 0 bridgehead atoms. The van der Waals surface area contributed by atoms with Crippen LogP contribution in [-0.2, 0) is 0 Å². The van der Waals surface area contributed by atoms with Crippen LogP contribution in [0.5, 0.6) is 0 Å². The van der Waals surface area contributed by atoms with Crippen molar-refractivity contribution in [1.29, 1.82) is 0 Å². The van der Waals surface area contributed by atoms with Crippen molar-refractivity contribution in [3.05, 3.63) is 152 Å². The number of benzene rings is 5. The van der Waals surface area contributed by atoms with E-state index in [9.17, 15) is 0 Å². The van der Waals surface area contributed by atoms with Crippen LogP contribution in [0.15, 0.2) is 152 Å². The summed E-state index contributed by atoms with van der Waals surface area (Å²) >= 11 is 0. The highest BCUT2D eigenvalue weighted by atomic mass is 15.0. The van der Waals surface area contributed by atoms with Gasteiger partial charge in [0.1, 0.15) is 0 Å². The van der Waals surface area contributed by atoms with Crippen molar-refractivity contribution in [2.75, 3.05) is 0 Å². The summed E-state index contributed by atoms with van der Waals surface area (Å²) in [5.41, 5.74) is 8.23. The lowest BCUT2D eigenvalue weighted by molar-refractivity contribution is 1.07. The monoisotopic (exact) mass is 551 g/mol. The molecule has 3 aromatic heterocycles. The summed E-state index contributed by atoms with van der Waals surface area (Å²) in [7, 11) is 0. The largest absolute Gasteiger partial charge is 0.309 e. The van der Waals surface area contributed by atoms with Gasteiger partial charge in [0.05, 0.1) is 11.0 Å². The predicted molar refractivity (Wildman–Crippen MR) is 174 cm³/mol. The SMILES string of the molecule is c1ccc(-c2nc(-c3ccccc3)nc(-c3cc(-c4cccnc4)c4c(c3)c3ccccc3n4-c3ccccc3)n2)cc1. The van der Waals surface area contributed by atoms with Gasteiger partial charge in [-0.1, -0.05) is 103 Å². The Bertz CT molecular complexity index is 2150. The maximum absolute atomic E-state index is 5.04. The van der Waals surface area contributed by atoms with E-state index in [2.05, 4.69) is 76.3 Å². The van der Waals surface area contributed by atoms with E-state index in [1.54, 1.807) is 0 Å². The molecular weight excluding hydrogens is 526 g/mol. The summed E-state index contributed by atoms with van der Waals surface area (Å²) in [6, 6.07) is 47.7. The molecule has 0 N–H and O–H groups in total. The van der Waals surface area contributed by atoms with Crippen LogP contribution < -0.4 is 0 Å². The van der Waals surface area contributed by atoms with Gasteiger partial charge in [-0.3, -0.25) is 4.98 Å². The van der Waals surface area contributed by atoms with Crippen molar-refractivity contribution in [3.63, 3.8) is 0 Å². The molecule has 0 aliphatic carbocycles. The molecule has 5 heteroatoms. The predicted octanol–water partition coefficient (Wildman–Crippen LogP) is 9.03. The fraction of sp³-hybridized carbons (Fsp3) is 0. The molecule has 0 unspecified atom stereocenters. The summed E-state index contributed by atoms with van der Waals surface area (Å²) < 4.78 is 2.34. The number of hydrogen-bond donors (Lipinski definition) is 0. The number of pyridine rings is 1. The maximum Gasteiger partial charge on any atom is 0.164 e. The van der Waals surface area contributed by atoms with E-state index in [1.165, 1.54) is 0 Å². The Balaban J connectivity index is 1.46. The normalized spacial score (nSPS) is 11.3. The number of aromatic nitrogens is 5. The van der Waals surface area contributed by atoms with E-state index < -0.39 is 0 Å². The van der Waals surface area contributed by atoms with Gasteiger partial charge < -0.3 is 4.57 Å². The van der Waals surface area contributed by atoms with E-state index >= 15 is 0 Å². The van der Waals surface area contributed by atoms with Gasteiger partial charge in [0.25, 0.3) is 0 Å². The van der Waals surface area contributed by atoms with Crippen molar-refractivity contribution < 1.29 is 0 Å². The van der Waals surface area contributed by atoms with Crippen LogP contribution in [0.25, 0.3) is 72.8 Å². The smallest absolute Gasteiger partial charge is 0.164 e. The molecular formula is C38H25N5. The minimum atomic E-state index is 0.622. The lowest BCUT2D eigenvalue weighted by Crippen LogP contribution is -2.01. The summed E-state index contributed by atoms with van der Waals surface area (Å²) in [5.74, 6) is 1.90. The Morgan fingerprint density at radius 2 is 1.00 bits per heavy atom. The standard InChI is InChI=1S/C38H25N5/c1-4-13-26(14-5-1)36-40-37(27-15-6-2-7-16-27)42-38(41-36)29-23-32(28-17-12-22-39-25-28)35-33(24-29)31-20-10-11-21-34(31)43(35)30-18-8-3-9-19-30/h1-25H. The van der Waals surface area contributed by atoms with E-state index in [-0.39, 0.29) is 0 Å². The van der Waals surface area contributed by atoms with Crippen LogP contribution in [-0.4, -0.2) is 24.5 Å². The topological polar surface area (TPSA) is 56.5 Å². The highest BCUT2D eigenvalue weighted by Gasteiger charge is 2.20. The average Bonchev–Trinajstić information content (AvgIpc) is 3.43. The first kappa shape index (κ1) is 24.8. The molecule has 3 heterocycles. The van der Waals surface area contributed by atoms with Gasteiger partial charge in [0.2, 0.25) is 0 Å². The summed E-state index contributed by atoms with van der Waals surface area (Å²) in [5, 5.41) is 2.28. The van der Waals surface area contributed by atoms with Crippen LogP contribution >= 0.6 is 0 Å². The zero-order valence-electron chi connectivity index (χ0n) is 23.2. The Kier molecular flexibility index (Phi) is 6.05. The lowest BCUT2D eigenvalue weighted by atomic mass is 9.99. The van der Waals surface area contributed by atoms with Crippen LogP contribution in [0.4, 0.5) is 0 Å². The molecule has 43 heavy (non-hydrogen) atoms. The molecule has 0 saturated carbocycles. The average molecular weight is 552 g/mol. The molecule has 0 saturated heterocycles. The van der Waals surface area contributed by atoms with E-state index in [0.717, 1.165) is 55.3 Å². The Labute approximate surface area is 248 Å². The molecule has 0 radical (unpaired) electrons. The van der Waals surface area contributed by atoms with E-state index in [0.29, 0.717) is 17.5 Å². The molecule has 0 amide bonds. The number of hydrogen-bond acceptors (Lipinski definition) is 4. The maximum atomic E-state index is 5.04. The quantitative estimate of drug-likeness (QED) is 0.214. The number of rotatable bonds is 5. The summed E-state index contributed by atoms with van der Waals surface area (Å²) in [6.45, 7) is 0. The highest BCUT2D eigenvalue weighted by Crippen LogP contribution is 2.40. The van der Waals surface area contributed by atoms with E-state index in [1.807, 2.05) is 85.2 Å². The van der Waals surface area contributed by atoms with Gasteiger partial charge in [0, 0.05) is 56.7 Å². The summed E-state index contributed by atoms with van der Waals surface area (Å²) in [4.78, 5) is 19.5. The highest BCUT2D eigenvalue weighted by molar-refractivity contribution is 6.15. The third kappa shape index (κ3) is 4.44. The molecule has 202 valence electrons. The van der Waals surface area contributed by atoms with Crippen molar-refractivity contribution in [3.8, 4) is 51.0 Å². The van der Waals surface area contributed by atoms with Crippen molar-refractivity contribution in [2.24, 2.45) is 0 Å². The van der Waals surface area contributed by atoms with Crippen molar-refractivity contribution in [2.45, 2.75) is 0 Å². The zero-order chi connectivity index (χ0) is 28.6. The molecule has 0 atom stereocenters. The van der Waals surface area contributed by atoms with Crippen molar-refractivity contribution >= 4 is 21.8 Å². The molecule has 0 spiro atoms. The van der Waals surface area contributed by atoms with Crippen LogP contribution in [0, 0.1) is 0 Å². The molecule has 0 aliphatic rings. The van der Waals surface area contributed by atoms with Gasteiger partial charge >= 0.3 is 0 Å². The number of fused-ring (bicyclic) bond motifs is 3. The van der Waals surface area contributed by atoms with Gasteiger partial charge in [-0.05, 0) is 36.4 Å². The lowest BCUT2D eigenvalue weighted by Gasteiger charge is -2.14. The third-order valence-corrected chi connectivity index (χ3v) is 7.71.